The van der Waals surface area contributed by atoms with E-state index in [9.17, 15) is 4.79 Å². The highest BCUT2D eigenvalue weighted by Crippen LogP contribution is 2.26. The molecule has 1 aromatic heterocycles. The molecule has 0 fully saturated rings. The summed E-state index contributed by atoms with van der Waals surface area (Å²) in [5.41, 5.74) is 2.97. The van der Waals surface area contributed by atoms with Crippen LogP contribution in [0.1, 0.15) is 23.9 Å². The Morgan fingerprint density at radius 3 is 2.48 bits per heavy atom. The highest BCUT2D eigenvalue weighted by molar-refractivity contribution is 9.10. The molecular formula is C22H25BrN4O3S. The Morgan fingerprint density at radius 1 is 1.10 bits per heavy atom. The Labute approximate surface area is 194 Å². The number of thioether (sulfide) groups is 1. The molecule has 31 heavy (non-hydrogen) atoms. The van der Waals surface area contributed by atoms with Gasteiger partial charge in [-0.25, -0.2) is 0 Å². The lowest BCUT2D eigenvalue weighted by Gasteiger charge is -2.12. The first-order valence-corrected chi connectivity index (χ1v) is 11.6. The van der Waals surface area contributed by atoms with Crippen LogP contribution in [0.15, 0.2) is 46.0 Å². The number of rotatable bonds is 9. The number of methoxy groups -OCH3 is 1. The number of halogens is 1. The molecule has 1 N–H and O–H groups in total. The minimum absolute atomic E-state index is 0.0866. The number of hydrogen-bond donors (Lipinski definition) is 1. The van der Waals surface area contributed by atoms with Crippen molar-refractivity contribution in [1.29, 1.82) is 0 Å². The molecule has 164 valence electrons. The molecule has 9 heteroatoms. The molecule has 3 aromatic rings. The molecule has 0 radical (unpaired) electrons. The van der Waals surface area contributed by atoms with Crippen molar-refractivity contribution in [3.8, 4) is 11.5 Å². The predicted molar refractivity (Wildman–Crippen MR) is 126 cm³/mol. The van der Waals surface area contributed by atoms with E-state index in [2.05, 4.69) is 31.4 Å². The zero-order valence-electron chi connectivity index (χ0n) is 17.9. The molecule has 0 atom stereocenters. The fourth-order valence-electron chi connectivity index (χ4n) is 2.91. The van der Waals surface area contributed by atoms with Gasteiger partial charge in [0, 0.05) is 16.7 Å². The second-order valence-corrected chi connectivity index (χ2v) is 8.59. The van der Waals surface area contributed by atoms with Crippen LogP contribution in [0.3, 0.4) is 0 Å². The molecule has 0 bridgehead atoms. The summed E-state index contributed by atoms with van der Waals surface area (Å²) in [5, 5.41) is 12.1. The van der Waals surface area contributed by atoms with Gasteiger partial charge in [0.2, 0.25) is 5.91 Å². The average Bonchev–Trinajstić information content (AvgIpc) is 3.18. The van der Waals surface area contributed by atoms with Crippen molar-refractivity contribution in [2.24, 2.45) is 0 Å². The number of carbonyl (C=O) groups is 1. The highest BCUT2D eigenvalue weighted by atomic mass is 79.9. The molecule has 0 aliphatic carbocycles. The molecule has 0 saturated heterocycles. The maximum atomic E-state index is 12.5. The van der Waals surface area contributed by atoms with E-state index in [-0.39, 0.29) is 18.3 Å². The van der Waals surface area contributed by atoms with Gasteiger partial charge in [0.1, 0.15) is 18.1 Å². The second kappa shape index (κ2) is 10.7. The van der Waals surface area contributed by atoms with Crippen LogP contribution in [0.4, 0.5) is 5.69 Å². The van der Waals surface area contributed by atoms with Gasteiger partial charge in [0.15, 0.2) is 11.0 Å². The predicted octanol–water partition coefficient (Wildman–Crippen LogP) is 5.00. The van der Waals surface area contributed by atoms with Crippen molar-refractivity contribution < 1.29 is 14.3 Å². The van der Waals surface area contributed by atoms with Gasteiger partial charge in [0.25, 0.3) is 0 Å². The van der Waals surface area contributed by atoms with E-state index < -0.39 is 0 Å². The topological polar surface area (TPSA) is 78.3 Å². The maximum Gasteiger partial charge on any atom is 0.234 e. The maximum absolute atomic E-state index is 12.5. The number of ether oxygens (including phenoxy) is 2. The van der Waals surface area contributed by atoms with Crippen molar-refractivity contribution in [3.05, 3.63) is 57.8 Å². The van der Waals surface area contributed by atoms with Crippen LogP contribution in [-0.2, 0) is 17.9 Å². The van der Waals surface area contributed by atoms with Crippen molar-refractivity contribution in [1.82, 2.24) is 14.8 Å². The minimum atomic E-state index is -0.0866. The fraction of sp³-hybridized carbons (Fsp3) is 0.318. The quantitative estimate of drug-likeness (QED) is 0.413. The van der Waals surface area contributed by atoms with Gasteiger partial charge >= 0.3 is 0 Å². The molecule has 3 rings (SSSR count). The first kappa shape index (κ1) is 23.1. The zero-order valence-corrected chi connectivity index (χ0v) is 20.3. The van der Waals surface area contributed by atoms with Crippen molar-refractivity contribution >= 4 is 39.3 Å². The number of anilines is 1. The van der Waals surface area contributed by atoms with E-state index in [0.29, 0.717) is 17.5 Å². The highest BCUT2D eigenvalue weighted by Gasteiger charge is 2.15. The second-order valence-electron chi connectivity index (χ2n) is 6.79. The van der Waals surface area contributed by atoms with Crippen molar-refractivity contribution in [2.75, 3.05) is 18.2 Å². The van der Waals surface area contributed by atoms with Crippen LogP contribution in [0.2, 0.25) is 0 Å². The van der Waals surface area contributed by atoms with Crippen molar-refractivity contribution in [3.63, 3.8) is 0 Å². The van der Waals surface area contributed by atoms with E-state index in [0.717, 1.165) is 32.8 Å². The number of carbonyl (C=O) groups excluding carboxylic acids is 1. The third-order valence-electron chi connectivity index (χ3n) is 4.86. The van der Waals surface area contributed by atoms with Gasteiger partial charge in [-0.15, -0.1) is 10.2 Å². The Morgan fingerprint density at radius 2 is 1.81 bits per heavy atom. The number of amides is 1. The summed E-state index contributed by atoms with van der Waals surface area (Å²) >= 11 is 4.86. The third kappa shape index (κ3) is 5.80. The molecule has 0 aliphatic heterocycles. The minimum Gasteiger partial charge on any atom is -0.497 e. The zero-order chi connectivity index (χ0) is 22.4. The summed E-state index contributed by atoms with van der Waals surface area (Å²) < 4.78 is 13.9. The van der Waals surface area contributed by atoms with E-state index in [1.807, 2.05) is 61.7 Å². The summed E-state index contributed by atoms with van der Waals surface area (Å²) in [5.74, 6) is 2.36. The van der Waals surface area contributed by atoms with E-state index in [1.165, 1.54) is 11.8 Å². The molecule has 0 saturated carbocycles. The van der Waals surface area contributed by atoms with Gasteiger partial charge in [-0.2, -0.15) is 0 Å². The summed E-state index contributed by atoms with van der Waals surface area (Å²) in [6.45, 7) is 6.99. The number of benzene rings is 2. The molecule has 0 unspecified atom stereocenters. The van der Waals surface area contributed by atoms with Gasteiger partial charge in [-0.05, 0) is 68.3 Å². The van der Waals surface area contributed by atoms with Crippen LogP contribution in [-0.4, -0.2) is 33.5 Å². The lowest BCUT2D eigenvalue weighted by Crippen LogP contribution is -2.16. The van der Waals surface area contributed by atoms with Crippen molar-refractivity contribution in [2.45, 2.75) is 39.1 Å². The molecule has 0 aliphatic rings. The summed E-state index contributed by atoms with van der Waals surface area (Å²) in [7, 11) is 1.63. The van der Waals surface area contributed by atoms with E-state index in [4.69, 9.17) is 9.47 Å². The van der Waals surface area contributed by atoms with Crippen LogP contribution >= 0.6 is 27.7 Å². The summed E-state index contributed by atoms with van der Waals surface area (Å²) in [4.78, 5) is 12.5. The molecule has 0 spiro atoms. The molecule has 1 amide bonds. The smallest absolute Gasteiger partial charge is 0.234 e. The van der Waals surface area contributed by atoms with E-state index in [1.54, 1.807) is 7.11 Å². The van der Waals surface area contributed by atoms with Gasteiger partial charge in [-0.3, -0.25) is 4.79 Å². The molecule has 7 nitrogen and oxygen atoms in total. The van der Waals surface area contributed by atoms with E-state index >= 15 is 0 Å². The lowest BCUT2D eigenvalue weighted by atomic mass is 10.1. The SMILES string of the molecule is CCn1c(COc2ccc(OC)cc2)nnc1SCC(=O)Nc1ccc(Br)c(C)c1C. The van der Waals surface area contributed by atoms with Crippen LogP contribution in [0, 0.1) is 13.8 Å². The fourth-order valence-corrected chi connectivity index (χ4v) is 4.16. The van der Waals surface area contributed by atoms with Gasteiger partial charge in [0.05, 0.1) is 12.9 Å². The molecular weight excluding hydrogens is 480 g/mol. The van der Waals surface area contributed by atoms with Crippen LogP contribution in [0.5, 0.6) is 11.5 Å². The third-order valence-corrected chi connectivity index (χ3v) is 6.69. The monoisotopic (exact) mass is 504 g/mol. The lowest BCUT2D eigenvalue weighted by molar-refractivity contribution is -0.113. The standard InChI is InChI=1S/C22H25BrN4O3S/c1-5-27-20(12-30-17-8-6-16(29-4)7-9-17)25-26-22(27)31-13-21(28)24-19-11-10-18(23)14(2)15(19)3/h6-11H,5,12-13H2,1-4H3,(H,24,28). The Hall–Kier alpha value is -2.52. The summed E-state index contributed by atoms with van der Waals surface area (Å²) in [6, 6.07) is 11.2. The first-order chi connectivity index (χ1) is 14.9. The number of hydrogen-bond acceptors (Lipinski definition) is 6. The molecule has 1 heterocycles. The number of nitrogens with zero attached hydrogens (tertiary/aromatic N) is 3. The number of nitrogens with one attached hydrogen (secondary N) is 1. The Bertz CT molecular complexity index is 1050. The molecule has 2 aromatic carbocycles. The van der Waals surface area contributed by atoms with Gasteiger partial charge in [-0.1, -0.05) is 27.7 Å². The normalized spacial score (nSPS) is 10.7. The Balaban J connectivity index is 1.58. The summed E-state index contributed by atoms with van der Waals surface area (Å²) in [6.07, 6.45) is 0. The number of aromatic nitrogens is 3. The van der Waals surface area contributed by atoms with Gasteiger partial charge < -0.3 is 19.4 Å². The average molecular weight is 505 g/mol. The first-order valence-electron chi connectivity index (χ1n) is 9.80. The Kier molecular flexibility index (Phi) is 7.97. The van der Waals surface area contributed by atoms with Crippen LogP contribution < -0.4 is 14.8 Å². The largest absolute Gasteiger partial charge is 0.497 e. The van der Waals surface area contributed by atoms with Crippen LogP contribution in [0.25, 0.3) is 0 Å².